The van der Waals surface area contributed by atoms with Crippen molar-refractivity contribution in [1.29, 1.82) is 0 Å². The molecule has 17 heavy (non-hydrogen) atoms. The van der Waals surface area contributed by atoms with E-state index in [1.54, 1.807) is 6.20 Å². The van der Waals surface area contributed by atoms with Crippen LogP contribution in [0.15, 0.2) is 18.3 Å². The Kier molecular flexibility index (Phi) is 3.71. The first-order valence-electron chi connectivity index (χ1n) is 5.19. The molecule has 0 radical (unpaired) electrons. The monoisotopic (exact) mass is 251 g/mol. The number of aromatic nitrogens is 3. The van der Waals surface area contributed by atoms with E-state index in [4.69, 9.17) is 10.5 Å². The number of rotatable bonds is 5. The Morgan fingerprint density at radius 1 is 1.53 bits per heavy atom. The molecule has 0 aliphatic heterocycles. The zero-order valence-electron chi connectivity index (χ0n) is 9.38. The quantitative estimate of drug-likeness (QED) is 0.838. The van der Waals surface area contributed by atoms with E-state index in [0.717, 1.165) is 10.7 Å². The summed E-state index contributed by atoms with van der Waals surface area (Å²) in [5.74, 6) is 1.03. The van der Waals surface area contributed by atoms with Crippen LogP contribution < -0.4 is 15.8 Å². The number of nitrogens with one attached hydrogen (secondary N) is 1. The number of hydrogen-bond acceptors (Lipinski definition) is 7. The standard InChI is InChI=1S/C10H13N5OS/c1-2-16-8-9(11)15-17-10(8)12-6-7-4-3-5-13-14-7/h3-5,12H,2,6H2,1H3,(H2,11,15). The molecular formula is C10H13N5OS. The maximum absolute atomic E-state index is 5.70. The Labute approximate surface area is 103 Å². The van der Waals surface area contributed by atoms with Gasteiger partial charge in [-0.15, -0.1) is 0 Å². The van der Waals surface area contributed by atoms with Crippen molar-refractivity contribution in [2.75, 3.05) is 17.7 Å². The average molecular weight is 251 g/mol. The predicted octanol–water partition coefficient (Wildman–Crippen LogP) is 1.53. The molecule has 2 aromatic heterocycles. The van der Waals surface area contributed by atoms with Crippen molar-refractivity contribution in [3.05, 3.63) is 24.0 Å². The number of nitrogens with zero attached hydrogens (tertiary/aromatic N) is 3. The summed E-state index contributed by atoms with van der Waals surface area (Å²) >= 11 is 1.28. The van der Waals surface area contributed by atoms with Gasteiger partial charge in [-0.3, -0.25) is 0 Å². The summed E-state index contributed by atoms with van der Waals surface area (Å²) < 4.78 is 9.46. The molecule has 0 saturated heterocycles. The number of ether oxygens (including phenoxy) is 1. The summed E-state index contributed by atoms with van der Waals surface area (Å²) in [7, 11) is 0. The molecule has 0 unspecified atom stereocenters. The first-order valence-corrected chi connectivity index (χ1v) is 5.97. The Balaban J connectivity index is 2.04. The second kappa shape index (κ2) is 5.44. The van der Waals surface area contributed by atoms with Crippen LogP contribution in [0.5, 0.6) is 5.75 Å². The minimum atomic E-state index is 0.415. The third-order valence-corrected chi connectivity index (χ3v) is 2.82. The summed E-state index contributed by atoms with van der Waals surface area (Å²) in [5, 5.41) is 11.8. The fraction of sp³-hybridized carbons (Fsp3) is 0.300. The van der Waals surface area contributed by atoms with E-state index >= 15 is 0 Å². The van der Waals surface area contributed by atoms with E-state index in [9.17, 15) is 0 Å². The van der Waals surface area contributed by atoms with Gasteiger partial charge in [0.15, 0.2) is 16.6 Å². The lowest BCUT2D eigenvalue weighted by Crippen LogP contribution is -2.03. The Hall–Kier alpha value is -1.89. The van der Waals surface area contributed by atoms with Gasteiger partial charge in [0.05, 0.1) is 18.8 Å². The minimum absolute atomic E-state index is 0.415. The molecule has 0 aliphatic carbocycles. The van der Waals surface area contributed by atoms with Crippen LogP contribution in [0.1, 0.15) is 12.6 Å². The van der Waals surface area contributed by atoms with Crippen LogP contribution in [-0.4, -0.2) is 21.2 Å². The average Bonchev–Trinajstić information content (AvgIpc) is 2.70. The van der Waals surface area contributed by atoms with Crippen LogP contribution in [0.4, 0.5) is 10.8 Å². The molecule has 0 aromatic carbocycles. The van der Waals surface area contributed by atoms with Gasteiger partial charge in [-0.1, -0.05) is 0 Å². The summed E-state index contributed by atoms with van der Waals surface area (Å²) in [4.78, 5) is 0. The normalized spacial score (nSPS) is 10.2. The lowest BCUT2D eigenvalue weighted by atomic mass is 10.4. The molecule has 6 nitrogen and oxygen atoms in total. The molecule has 3 N–H and O–H groups in total. The summed E-state index contributed by atoms with van der Waals surface area (Å²) in [6.45, 7) is 3.03. The molecule has 0 fully saturated rings. The largest absolute Gasteiger partial charge is 0.487 e. The minimum Gasteiger partial charge on any atom is -0.487 e. The van der Waals surface area contributed by atoms with Gasteiger partial charge in [-0.25, -0.2) is 0 Å². The SMILES string of the molecule is CCOc1c(N)nsc1NCc1cccnn1. The molecule has 0 atom stereocenters. The third kappa shape index (κ3) is 2.82. The molecule has 2 rings (SSSR count). The van der Waals surface area contributed by atoms with Gasteiger partial charge in [-0.05, 0) is 30.6 Å². The number of nitrogen functional groups attached to an aromatic ring is 1. The van der Waals surface area contributed by atoms with Gasteiger partial charge in [0.2, 0.25) is 0 Å². The van der Waals surface area contributed by atoms with Crippen LogP contribution in [0, 0.1) is 0 Å². The van der Waals surface area contributed by atoms with Gasteiger partial charge in [0, 0.05) is 6.20 Å². The maximum Gasteiger partial charge on any atom is 0.197 e. The Bertz CT molecular complexity index is 473. The highest BCUT2D eigenvalue weighted by molar-refractivity contribution is 7.11. The molecule has 2 aromatic rings. The third-order valence-electron chi connectivity index (χ3n) is 2.02. The van der Waals surface area contributed by atoms with Crippen molar-refractivity contribution in [2.45, 2.75) is 13.5 Å². The van der Waals surface area contributed by atoms with E-state index in [1.165, 1.54) is 11.5 Å². The van der Waals surface area contributed by atoms with Crippen molar-refractivity contribution in [2.24, 2.45) is 0 Å². The van der Waals surface area contributed by atoms with Crippen LogP contribution in [0.25, 0.3) is 0 Å². The first kappa shape index (κ1) is 11.6. The first-order chi connectivity index (χ1) is 8.31. The number of anilines is 2. The molecule has 0 amide bonds. The van der Waals surface area contributed by atoms with E-state index < -0.39 is 0 Å². The highest BCUT2D eigenvalue weighted by Crippen LogP contribution is 2.35. The van der Waals surface area contributed by atoms with Crippen LogP contribution >= 0.6 is 11.5 Å². The van der Waals surface area contributed by atoms with E-state index in [2.05, 4.69) is 19.9 Å². The second-order valence-electron chi connectivity index (χ2n) is 3.23. The molecular weight excluding hydrogens is 238 g/mol. The summed E-state index contributed by atoms with van der Waals surface area (Å²) in [6.07, 6.45) is 1.64. The molecule has 90 valence electrons. The van der Waals surface area contributed by atoms with E-state index in [0.29, 0.717) is 24.7 Å². The molecule has 0 bridgehead atoms. The molecule has 0 aliphatic rings. The van der Waals surface area contributed by atoms with Crippen molar-refractivity contribution in [3.8, 4) is 5.75 Å². The fourth-order valence-corrected chi connectivity index (χ4v) is 1.94. The lowest BCUT2D eigenvalue weighted by Gasteiger charge is -2.06. The second-order valence-corrected chi connectivity index (χ2v) is 4.00. The van der Waals surface area contributed by atoms with Gasteiger partial charge in [-0.2, -0.15) is 14.6 Å². The van der Waals surface area contributed by atoms with E-state index in [1.807, 2.05) is 19.1 Å². The summed E-state index contributed by atoms with van der Waals surface area (Å²) in [5.41, 5.74) is 6.55. The zero-order valence-corrected chi connectivity index (χ0v) is 10.2. The molecule has 0 saturated carbocycles. The Morgan fingerprint density at radius 3 is 3.12 bits per heavy atom. The highest BCUT2D eigenvalue weighted by Gasteiger charge is 2.12. The van der Waals surface area contributed by atoms with Crippen molar-refractivity contribution in [1.82, 2.24) is 14.6 Å². The Morgan fingerprint density at radius 2 is 2.41 bits per heavy atom. The van der Waals surface area contributed by atoms with Crippen LogP contribution in [0.2, 0.25) is 0 Å². The topological polar surface area (TPSA) is 86.0 Å². The van der Waals surface area contributed by atoms with Crippen molar-refractivity contribution in [3.63, 3.8) is 0 Å². The van der Waals surface area contributed by atoms with Crippen LogP contribution in [-0.2, 0) is 6.54 Å². The maximum atomic E-state index is 5.70. The predicted molar refractivity (Wildman–Crippen MR) is 67.1 cm³/mol. The lowest BCUT2D eigenvalue weighted by molar-refractivity contribution is 0.344. The summed E-state index contributed by atoms with van der Waals surface area (Å²) in [6, 6.07) is 3.74. The number of hydrogen-bond donors (Lipinski definition) is 2. The van der Waals surface area contributed by atoms with Gasteiger partial charge < -0.3 is 15.8 Å². The number of nitrogens with two attached hydrogens (primary N) is 1. The van der Waals surface area contributed by atoms with Gasteiger partial charge >= 0.3 is 0 Å². The van der Waals surface area contributed by atoms with Crippen molar-refractivity contribution < 1.29 is 4.74 Å². The molecule has 2 heterocycles. The molecule has 7 heteroatoms. The zero-order chi connectivity index (χ0) is 12.1. The van der Waals surface area contributed by atoms with Crippen molar-refractivity contribution >= 4 is 22.4 Å². The molecule has 0 spiro atoms. The van der Waals surface area contributed by atoms with Crippen LogP contribution in [0.3, 0.4) is 0 Å². The smallest absolute Gasteiger partial charge is 0.197 e. The van der Waals surface area contributed by atoms with Gasteiger partial charge in [0.25, 0.3) is 0 Å². The fourth-order valence-electron chi connectivity index (χ4n) is 1.29. The van der Waals surface area contributed by atoms with Gasteiger partial charge in [0.1, 0.15) is 0 Å². The highest BCUT2D eigenvalue weighted by atomic mass is 32.1. The van der Waals surface area contributed by atoms with E-state index in [-0.39, 0.29) is 0 Å².